The smallest absolute Gasteiger partial charge is 0.151 e. The Morgan fingerprint density at radius 1 is 1.19 bits per heavy atom. The minimum absolute atomic E-state index is 0.135. The third-order valence-corrected chi connectivity index (χ3v) is 5.54. The van der Waals surface area contributed by atoms with Gasteiger partial charge in [-0.25, -0.2) is 0 Å². The SMILES string of the molecule is CN(C1CN(c2cc3c(nn2)CCC3)C1)C1CCCC1O. The molecule has 0 aromatic carbocycles. The van der Waals surface area contributed by atoms with Gasteiger partial charge in [0.15, 0.2) is 5.82 Å². The van der Waals surface area contributed by atoms with Crippen molar-refractivity contribution in [2.45, 2.75) is 56.7 Å². The average Bonchev–Trinajstić information content (AvgIpc) is 3.04. The summed E-state index contributed by atoms with van der Waals surface area (Å²) < 4.78 is 0. The molecule has 1 saturated carbocycles. The third-order valence-electron chi connectivity index (χ3n) is 5.54. The van der Waals surface area contributed by atoms with Crippen LogP contribution >= 0.6 is 0 Å². The van der Waals surface area contributed by atoms with Crippen molar-refractivity contribution in [1.29, 1.82) is 0 Å². The van der Waals surface area contributed by atoms with Crippen LogP contribution in [0.2, 0.25) is 0 Å². The molecule has 0 bridgehead atoms. The van der Waals surface area contributed by atoms with Gasteiger partial charge in [0.1, 0.15) is 0 Å². The van der Waals surface area contributed by atoms with Crippen LogP contribution in [-0.4, -0.2) is 58.5 Å². The van der Waals surface area contributed by atoms with Crippen molar-refractivity contribution in [3.63, 3.8) is 0 Å². The number of aromatic nitrogens is 2. The maximum atomic E-state index is 10.0. The van der Waals surface area contributed by atoms with Crippen molar-refractivity contribution < 1.29 is 5.11 Å². The van der Waals surface area contributed by atoms with Gasteiger partial charge in [-0.3, -0.25) is 4.90 Å². The molecule has 5 heteroatoms. The number of rotatable bonds is 3. The van der Waals surface area contributed by atoms with E-state index in [0.717, 1.165) is 51.0 Å². The van der Waals surface area contributed by atoms with Crippen molar-refractivity contribution in [2.75, 3.05) is 25.0 Å². The summed E-state index contributed by atoms with van der Waals surface area (Å²) in [5.41, 5.74) is 2.59. The minimum Gasteiger partial charge on any atom is -0.391 e. The summed E-state index contributed by atoms with van der Waals surface area (Å²) in [4.78, 5) is 4.70. The molecule has 2 heterocycles. The van der Waals surface area contributed by atoms with Gasteiger partial charge in [-0.15, -0.1) is 5.10 Å². The largest absolute Gasteiger partial charge is 0.391 e. The molecule has 114 valence electrons. The van der Waals surface area contributed by atoms with Gasteiger partial charge in [-0.05, 0) is 57.2 Å². The highest BCUT2D eigenvalue weighted by molar-refractivity contribution is 5.45. The molecule has 1 aromatic rings. The van der Waals surface area contributed by atoms with Crippen molar-refractivity contribution in [2.24, 2.45) is 0 Å². The van der Waals surface area contributed by atoms with E-state index in [4.69, 9.17) is 0 Å². The van der Waals surface area contributed by atoms with Gasteiger partial charge in [0, 0.05) is 25.2 Å². The number of aliphatic hydroxyl groups is 1. The fourth-order valence-corrected chi connectivity index (χ4v) is 4.04. The molecule has 3 aliphatic rings. The first kappa shape index (κ1) is 13.5. The van der Waals surface area contributed by atoms with E-state index in [0.29, 0.717) is 12.1 Å². The van der Waals surface area contributed by atoms with Crippen molar-refractivity contribution in [3.8, 4) is 0 Å². The number of fused-ring (bicyclic) bond motifs is 1. The summed E-state index contributed by atoms with van der Waals surface area (Å²) in [7, 11) is 2.16. The van der Waals surface area contributed by atoms with Crippen LogP contribution in [0.25, 0.3) is 0 Å². The third kappa shape index (κ3) is 2.32. The quantitative estimate of drug-likeness (QED) is 0.899. The molecule has 0 amide bonds. The first-order valence-corrected chi connectivity index (χ1v) is 8.23. The molecular formula is C16H24N4O. The lowest BCUT2D eigenvalue weighted by Crippen LogP contribution is -2.62. The monoisotopic (exact) mass is 288 g/mol. The molecule has 2 fully saturated rings. The summed E-state index contributed by atoms with van der Waals surface area (Å²) >= 11 is 0. The Hall–Kier alpha value is -1.20. The zero-order chi connectivity index (χ0) is 14.4. The van der Waals surface area contributed by atoms with Crippen LogP contribution in [-0.2, 0) is 12.8 Å². The van der Waals surface area contributed by atoms with Crippen LogP contribution in [0, 0.1) is 0 Å². The highest BCUT2D eigenvalue weighted by Crippen LogP contribution is 2.30. The van der Waals surface area contributed by atoms with Gasteiger partial charge < -0.3 is 10.0 Å². The highest BCUT2D eigenvalue weighted by atomic mass is 16.3. The zero-order valence-electron chi connectivity index (χ0n) is 12.7. The molecule has 5 nitrogen and oxygen atoms in total. The van der Waals surface area contributed by atoms with Crippen molar-refractivity contribution >= 4 is 5.82 Å². The average molecular weight is 288 g/mol. The highest BCUT2D eigenvalue weighted by Gasteiger charge is 2.38. The number of aliphatic hydroxyl groups excluding tert-OH is 1. The van der Waals surface area contributed by atoms with E-state index >= 15 is 0 Å². The normalized spacial score (nSPS) is 29.0. The second kappa shape index (κ2) is 5.21. The number of aryl methyl sites for hydroxylation is 2. The summed E-state index contributed by atoms with van der Waals surface area (Å²) in [6, 6.07) is 3.12. The molecule has 0 radical (unpaired) electrons. The Kier molecular flexibility index (Phi) is 3.34. The number of hydrogen-bond donors (Lipinski definition) is 1. The lowest BCUT2D eigenvalue weighted by molar-refractivity contribution is 0.0525. The zero-order valence-corrected chi connectivity index (χ0v) is 12.7. The summed E-state index contributed by atoms with van der Waals surface area (Å²) in [5.74, 6) is 1.03. The summed E-state index contributed by atoms with van der Waals surface area (Å²) in [6.45, 7) is 2.01. The molecule has 1 N–H and O–H groups in total. The fourth-order valence-electron chi connectivity index (χ4n) is 4.04. The molecular weight excluding hydrogens is 264 g/mol. The second-order valence-corrected chi connectivity index (χ2v) is 6.82. The van der Waals surface area contributed by atoms with E-state index in [9.17, 15) is 5.11 Å². The van der Waals surface area contributed by atoms with Gasteiger partial charge in [-0.2, -0.15) is 5.10 Å². The van der Waals surface area contributed by atoms with Gasteiger partial charge in [0.25, 0.3) is 0 Å². The van der Waals surface area contributed by atoms with Crippen LogP contribution < -0.4 is 4.90 Å². The maximum absolute atomic E-state index is 10.0. The van der Waals surface area contributed by atoms with Crippen LogP contribution in [0.15, 0.2) is 6.07 Å². The second-order valence-electron chi connectivity index (χ2n) is 6.82. The van der Waals surface area contributed by atoms with E-state index in [1.807, 2.05) is 0 Å². The number of hydrogen-bond acceptors (Lipinski definition) is 5. The molecule has 1 aliphatic heterocycles. The Morgan fingerprint density at radius 2 is 2.05 bits per heavy atom. The summed E-state index contributed by atoms with van der Waals surface area (Å²) in [6.07, 6.45) is 6.58. The van der Waals surface area contributed by atoms with Gasteiger partial charge in [0.05, 0.1) is 11.8 Å². The van der Waals surface area contributed by atoms with Gasteiger partial charge in [0.2, 0.25) is 0 Å². The van der Waals surface area contributed by atoms with Crippen LogP contribution in [0.5, 0.6) is 0 Å². The van der Waals surface area contributed by atoms with Gasteiger partial charge >= 0.3 is 0 Å². The Morgan fingerprint density at radius 3 is 2.81 bits per heavy atom. The lowest BCUT2D eigenvalue weighted by Gasteiger charge is -2.47. The predicted octanol–water partition coefficient (Wildman–Crippen LogP) is 0.999. The summed E-state index contributed by atoms with van der Waals surface area (Å²) in [5, 5.41) is 18.8. The molecule has 2 unspecified atom stereocenters. The molecule has 1 saturated heterocycles. The standard InChI is InChI=1S/C16H24N4O/c1-19(14-6-3-7-15(14)21)12-9-20(10-12)16-8-11-4-2-5-13(11)17-18-16/h8,12,14-15,21H,2-7,9-10H2,1H3. The van der Waals surface area contributed by atoms with Crippen molar-refractivity contribution in [1.82, 2.24) is 15.1 Å². The Bertz CT molecular complexity index is 529. The van der Waals surface area contributed by atoms with E-state index in [2.05, 4.69) is 33.1 Å². The van der Waals surface area contributed by atoms with E-state index < -0.39 is 0 Å². The van der Waals surface area contributed by atoms with Gasteiger partial charge in [-0.1, -0.05) is 0 Å². The topological polar surface area (TPSA) is 52.5 Å². The fraction of sp³-hybridized carbons (Fsp3) is 0.750. The number of likely N-dealkylation sites (N-methyl/N-ethyl adjacent to an activating group) is 1. The number of anilines is 1. The maximum Gasteiger partial charge on any atom is 0.151 e. The Balaban J connectivity index is 1.38. The minimum atomic E-state index is -0.135. The number of nitrogens with zero attached hydrogens (tertiary/aromatic N) is 4. The van der Waals surface area contributed by atoms with Crippen molar-refractivity contribution in [3.05, 3.63) is 17.3 Å². The van der Waals surface area contributed by atoms with Crippen LogP contribution in [0.1, 0.15) is 36.9 Å². The van der Waals surface area contributed by atoms with Crippen LogP contribution in [0.4, 0.5) is 5.82 Å². The molecule has 21 heavy (non-hydrogen) atoms. The predicted molar refractivity (Wildman–Crippen MR) is 81.5 cm³/mol. The molecule has 2 atom stereocenters. The molecule has 0 spiro atoms. The van der Waals surface area contributed by atoms with Crippen LogP contribution in [0.3, 0.4) is 0 Å². The lowest BCUT2D eigenvalue weighted by atomic mass is 10.0. The Labute approximate surface area is 126 Å². The molecule has 4 rings (SSSR count). The van der Waals surface area contributed by atoms with E-state index in [-0.39, 0.29) is 6.10 Å². The molecule has 2 aliphatic carbocycles. The molecule has 1 aromatic heterocycles. The van der Waals surface area contributed by atoms with E-state index in [1.54, 1.807) is 0 Å². The van der Waals surface area contributed by atoms with E-state index in [1.165, 1.54) is 17.7 Å². The first-order valence-electron chi connectivity index (χ1n) is 8.23. The first-order chi connectivity index (χ1) is 10.2.